The van der Waals surface area contributed by atoms with Gasteiger partial charge in [-0.05, 0) is 17.7 Å². The van der Waals surface area contributed by atoms with Crippen LogP contribution in [0.3, 0.4) is 0 Å². The molecule has 0 aliphatic rings. The molecule has 4 nitrogen and oxygen atoms in total. The van der Waals surface area contributed by atoms with Gasteiger partial charge >= 0.3 is 0 Å². The minimum absolute atomic E-state index is 0.137. The summed E-state index contributed by atoms with van der Waals surface area (Å²) < 4.78 is 5.04. The molecule has 0 aliphatic carbocycles. The van der Waals surface area contributed by atoms with Crippen LogP contribution in [0.25, 0.3) is 0 Å². The van der Waals surface area contributed by atoms with Gasteiger partial charge in [-0.2, -0.15) is 0 Å². The summed E-state index contributed by atoms with van der Waals surface area (Å²) in [5.74, 6) is 0.701. The van der Waals surface area contributed by atoms with Crippen LogP contribution in [0.2, 0.25) is 10.3 Å². The number of nitrogens with zero attached hydrogens (tertiary/aromatic N) is 2. The first-order valence-corrected chi connectivity index (χ1v) is 5.87. The average Bonchev–Trinajstić information content (AvgIpc) is 2.38. The van der Waals surface area contributed by atoms with E-state index in [0.717, 1.165) is 0 Å². The molecule has 2 aromatic rings. The van der Waals surface area contributed by atoms with Crippen molar-refractivity contribution in [2.75, 3.05) is 7.11 Å². The molecule has 0 radical (unpaired) electrons. The lowest BCUT2D eigenvalue weighted by molar-refractivity contribution is 0.219. The van der Waals surface area contributed by atoms with Gasteiger partial charge in [0.15, 0.2) is 0 Å². The standard InChI is InChI=1S/C12H10Cl2N2O2/c1-18-8-4-2-7(3-5-8)10(17)9-11(13)15-6-16-12(9)14/h2-6,10,17H,1H3/t10-/m1/s1. The third-order valence-corrected chi connectivity index (χ3v) is 3.09. The maximum absolute atomic E-state index is 10.2. The second kappa shape index (κ2) is 5.52. The molecule has 94 valence electrons. The van der Waals surface area contributed by atoms with E-state index in [-0.39, 0.29) is 10.3 Å². The Hall–Kier alpha value is -1.36. The van der Waals surface area contributed by atoms with E-state index < -0.39 is 6.10 Å². The molecular formula is C12H10Cl2N2O2. The number of benzene rings is 1. The SMILES string of the molecule is COc1ccc([C@@H](O)c2c(Cl)ncnc2Cl)cc1. The van der Waals surface area contributed by atoms with E-state index in [9.17, 15) is 5.11 Å². The number of ether oxygens (including phenoxy) is 1. The topological polar surface area (TPSA) is 55.2 Å². The second-order valence-electron chi connectivity index (χ2n) is 3.54. The monoisotopic (exact) mass is 284 g/mol. The largest absolute Gasteiger partial charge is 0.497 e. The molecule has 18 heavy (non-hydrogen) atoms. The molecule has 1 heterocycles. The summed E-state index contributed by atoms with van der Waals surface area (Å²) in [6.45, 7) is 0. The molecule has 0 saturated heterocycles. The first-order chi connectivity index (χ1) is 8.63. The van der Waals surface area contributed by atoms with Gasteiger partial charge in [0.2, 0.25) is 0 Å². The minimum Gasteiger partial charge on any atom is -0.497 e. The Morgan fingerprint density at radius 3 is 2.17 bits per heavy atom. The van der Waals surface area contributed by atoms with Crippen LogP contribution in [0.4, 0.5) is 0 Å². The van der Waals surface area contributed by atoms with Gasteiger partial charge in [0.05, 0.1) is 12.7 Å². The van der Waals surface area contributed by atoms with Gasteiger partial charge in [0.25, 0.3) is 0 Å². The van der Waals surface area contributed by atoms with Crippen molar-refractivity contribution in [2.24, 2.45) is 0 Å². The predicted octanol–water partition coefficient (Wildman–Crippen LogP) is 2.87. The summed E-state index contributed by atoms with van der Waals surface area (Å²) in [5.41, 5.74) is 0.931. The number of halogens is 2. The fourth-order valence-corrected chi connectivity index (χ4v) is 2.05. The summed E-state index contributed by atoms with van der Waals surface area (Å²) >= 11 is 11.8. The van der Waals surface area contributed by atoms with Crippen molar-refractivity contribution >= 4 is 23.2 Å². The summed E-state index contributed by atoms with van der Waals surface area (Å²) in [7, 11) is 1.57. The van der Waals surface area contributed by atoms with Crippen LogP contribution < -0.4 is 4.74 Å². The van der Waals surface area contributed by atoms with Crippen LogP contribution in [-0.4, -0.2) is 22.2 Å². The Bertz CT molecular complexity index is 526. The maximum Gasteiger partial charge on any atom is 0.140 e. The highest BCUT2D eigenvalue weighted by Gasteiger charge is 2.19. The smallest absolute Gasteiger partial charge is 0.140 e. The van der Waals surface area contributed by atoms with Gasteiger partial charge in [0, 0.05) is 0 Å². The number of rotatable bonds is 3. The molecule has 2 rings (SSSR count). The van der Waals surface area contributed by atoms with E-state index in [0.29, 0.717) is 16.9 Å². The van der Waals surface area contributed by atoms with E-state index in [1.165, 1.54) is 6.33 Å². The summed E-state index contributed by atoms with van der Waals surface area (Å²) in [5, 5.41) is 10.5. The Morgan fingerprint density at radius 1 is 1.11 bits per heavy atom. The number of hydrogen-bond acceptors (Lipinski definition) is 4. The first-order valence-electron chi connectivity index (χ1n) is 5.11. The first kappa shape index (κ1) is 13.1. The highest BCUT2D eigenvalue weighted by Crippen LogP contribution is 2.31. The molecule has 1 N–H and O–H groups in total. The number of methoxy groups -OCH3 is 1. The molecular weight excluding hydrogens is 275 g/mol. The van der Waals surface area contributed by atoms with Crippen LogP contribution in [0, 0.1) is 0 Å². The fourth-order valence-electron chi connectivity index (χ4n) is 1.53. The van der Waals surface area contributed by atoms with Crippen LogP contribution >= 0.6 is 23.2 Å². The van der Waals surface area contributed by atoms with Gasteiger partial charge in [-0.3, -0.25) is 0 Å². The fraction of sp³-hybridized carbons (Fsp3) is 0.167. The van der Waals surface area contributed by atoms with E-state index in [2.05, 4.69) is 9.97 Å². The third kappa shape index (κ3) is 2.56. The normalized spacial score (nSPS) is 12.2. The lowest BCUT2D eigenvalue weighted by Gasteiger charge is -2.13. The Morgan fingerprint density at radius 2 is 1.67 bits per heavy atom. The average molecular weight is 285 g/mol. The number of hydrogen-bond donors (Lipinski definition) is 1. The zero-order valence-electron chi connectivity index (χ0n) is 9.47. The zero-order valence-corrected chi connectivity index (χ0v) is 11.0. The molecule has 1 aromatic carbocycles. The molecule has 1 atom stereocenters. The molecule has 0 unspecified atom stereocenters. The van der Waals surface area contributed by atoms with Gasteiger partial charge < -0.3 is 9.84 Å². The lowest BCUT2D eigenvalue weighted by Crippen LogP contribution is -2.03. The zero-order chi connectivity index (χ0) is 13.1. The van der Waals surface area contributed by atoms with Crippen LogP contribution in [0.1, 0.15) is 17.2 Å². The van der Waals surface area contributed by atoms with Crippen LogP contribution in [0.15, 0.2) is 30.6 Å². The Kier molecular flexibility index (Phi) is 4.01. The molecule has 1 aromatic heterocycles. The molecule has 6 heteroatoms. The number of aromatic nitrogens is 2. The van der Waals surface area contributed by atoms with E-state index >= 15 is 0 Å². The van der Waals surface area contributed by atoms with Crippen molar-refractivity contribution in [3.8, 4) is 5.75 Å². The summed E-state index contributed by atoms with van der Waals surface area (Å²) in [6.07, 6.45) is 0.270. The molecule has 0 amide bonds. The van der Waals surface area contributed by atoms with Gasteiger partial charge in [0.1, 0.15) is 28.5 Å². The van der Waals surface area contributed by atoms with Crippen LogP contribution in [-0.2, 0) is 0 Å². The summed E-state index contributed by atoms with van der Waals surface area (Å²) in [4.78, 5) is 7.61. The van der Waals surface area contributed by atoms with E-state index in [4.69, 9.17) is 27.9 Å². The lowest BCUT2D eigenvalue weighted by atomic mass is 10.0. The van der Waals surface area contributed by atoms with Crippen molar-refractivity contribution in [3.63, 3.8) is 0 Å². The molecule has 0 aliphatic heterocycles. The molecule has 0 fully saturated rings. The predicted molar refractivity (Wildman–Crippen MR) is 69.1 cm³/mol. The molecule has 0 spiro atoms. The molecule has 0 bridgehead atoms. The number of aliphatic hydroxyl groups is 1. The highest BCUT2D eigenvalue weighted by molar-refractivity contribution is 6.34. The Balaban J connectivity index is 2.38. The highest BCUT2D eigenvalue weighted by atomic mass is 35.5. The summed E-state index contributed by atoms with van der Waals surface area (Å²) in [6, 6.07) is 6.93. The van der Waals surface area contributed by atoms with Gasteiger partial charge in [-0.15, -0.1) is 0 Å². The Labute approximate surface area is 114 Å². The van der Waals surface area contributed by atoms with Crippen molar-refractivity contribution in [1.82, 2.24) is 9.97 Å². The maximum atomic E-state index is 10.2. The van der Waals surface area contributed by atoms with Crippen molar-refractivity contribution in [3.05, 3.63) is 52.0 Å². The third-order valence-electron chi connectivity index (χ3n) is 2.49. The van der Waals surface area contributed by atoms with Gasteiger partial charge in [-0.1, -0.05) is 35.3 Å². The van der Waals surface area contributed by atoms with Crippen molar-refractivity contribution in [2.45, 2.75) is 6.10 Å². The van der Waals surface area contributed by atoms with E-state index in [1.807, 2.05) is 0 Å². The van der Waals surface area contributed by atoms with Crippen LogP contribution in [0.5, 0.6) is 5.75 Å². The number of aliphatic hydroxyl groups excluding tert-OH is 1. The van der Waals surface area contributed by atoms with Gasteiger partial charge in [-0.25, -0.2) is 9.97 Å². The molecule has 0 saturated carbocycles. The minimum atomic E-state index is -0.975. The van der Waals surface area contributed by atoms with Crippen molar-refractivity contribution < 1.29 is 9.84 Å². The second-order valence-corrected chi connectivity index (χ2v) is 4.26. The quantitative estimate of drug-likeness (QED) is 0.881. The van der Waals surface area contributed by atoms with Crippen molar-refractivity contribution in [1.29, 1.82) is 0 Å². The van der Waals surface area contributed by atoms with E-state index in [1.54, 1.807) is 31.4 Å².